The van der Waals surface area contributed by atoms with Crippen LogP contribution >= 0.6 is 15.9 Å². The fourth-order valence-corrected chi connectivity index (χ4v) is 3.21. The standard InChI is InChI=1S/C17H15BrN2/c18-15-6-7-16-14(8-15)10-17(11-19,12-20-16)9-13-4-2-1-3-5-13/h1-8,20H,9-10,12H2/t17-/m1/s1. The van der Waals surface area contributed by atoms with E-state index in [9.17, 15) is 5.26 Å². The molecule has 0 fully saturated rings. The molecule has 0 bridgehead atoms. The first kappa shape index (κ1) is 13.2. The van der Waals surface area contributed by atoms with E-state index in [0.29, 0.717) is 6.54 Å². The van der Waals surface area contributed by atoms with E-state index < -0.39 is 0 Å². The van der Waals surface area contributed by atoms with Gasteiger partial charge in [0.05, 0.1) is 11.5 Å². The van der Waals surface area contributed by atoms with Crippen molar-refractivity contribution in [2.24, 2.45) is 5.41 Å². The smallest absolute Gasteiger partial charge is 0.0826 e. The number of nitriles is 1. The maximum absolute atomic E-state index is 9.70. The van der Waals surface area contributed by atoms with Crippen LogP contribution in [-0.4, -0.2) is 6.54 Å². The average Bonchev–Trinajstić information content (AvgIpc) is 2.48. The second-order valence-corrected chi connectivity index (χ2v) is 6.30. The third kappa shape index (κ3) is 2.57. The minimum absolute atomic E-state index is 0.366. The molecule has 0 unspecified atom stereocenters. The number of nitrogens with one attached hydrogen (secondary N) is 1. The van der Waals surface area contributed by atoms with Gasteiger partial charge in [0.1, 0.15) is 0 Å². The minimum Gasteiger partial charge on any atom is -0.383 e. The number of nitrogens with zero attached hydrogens (tertiary/aromatic N) is 1. The maximum atomic E-state index is 9.70. The van der Waals surface area contributed by atoms with Gasteiger partial charge < -0.3 is 5.32 Å². The Labute approximate surface area is 127 Å². The van der Waals surface area contributed by atoms with Crippen LogP contribution in [0.1, 0.15) is 11.1 Å². The van der Waals surface area contributed by atoms with Crippen molar-refractivity contribution in [3.8, 4) is 6.07 Å². The predicted octanol–water partition coefficient (Wildman–Crippen LogP) is 4.17. The summed E-state index contributed by atoms with van der Waals surface area (Å²) in [6.45, 7) is 0.701. The van der Waals surface area contributed by atoms with Crippen molar-refractivity contribution in [1.82, 2.24) is 0 Å². The molecule has 2 nitrogen and oxygen atoms in total. The van der Waals surface area contributed by atoms with E-state index in [2.05, 4.69) is 51.6 Å². The summed E-state index contributed by atoms with van der Waals surface area (Å²) >= 11 is 3.51. The molecule has 3 rings (SSSR count). The number of fused-ring (bicyclic) bond motifs is 1. The Balaban J connectivity index is 1.90. The largest absolute Gasteiger partial charge is 0.383 e. The van der Waals surface area contributed by atoms with Crippen LogP contribution in [0.5, 0.6) is 0 Å². The number of halogens is 1. The third-order valence-corrected chi connectivity index (χ3v) is 4.33. The van der Waals surface area contributed by atoms with Crippen LogP contribution in [0.25, 0.3) is 0 Å². The molecule has 1 aliphatic rings. The van der Waals surface area contributed by atoms with E-state index >= 15 is 0 Å². The summed E-state index contributed by atoms with van der Waals surface area (Å²) in [7, 11) is 0. The molecule has 3 heteroatoms. The van der Waals surface area contributed by atoms with Crippen molar-refractivity contribution in [2.75, 3.05) is 11.9 Å². The van der Waals surface area contributed by atoms with Crippen molar-refractivity contribution in [3.63, 3.8) is 0 Å². The molecule has 1 heterocycles. The minimum atomic E-state index is -0.366. The average molecular weight is 327 g/mol. The molecule has 1 aliphatic heterocycles. The van der Waals surface area contributed by atoms with Crippen LogP contribution in [0.2, 0.25) is 0 Å². The Morgan fingerprint density at radius 3 is 2.75 bits per heavy atom. The number of anilines is 1. The summed E-state index contributed by atoms with van der Waals surface area (Å²) in [5, 5.41) is 13.1. The van der Waals surface area contributed by atoms with Gasteiger partial charge in [0.15, 0.2) is 0 Å². The molecule has 0 saturated heterocycles. The monoisotopic (exact) mass is 326 g/mol. The van der Waals surface area contributed by atoms with E-state index in [-0.39, 0.29) is 5.41 Å². The van der Waals surface area contributed by atoms with Crippen LogP contribution in [-0.2, 0) is 12.8 Å². The Kier molecular flexibility index (Phi) is 3.50. The molecule has 100 valence electrons. The van der Waals surface area contributed by atoms with Crippen molar-refractivity contribution in [1.29, 1.82) is 5.26 Å². The highest BCUT2D eigenvalue weighted by molar-refractivity contribution is 9.10. The molecule has 20 heavy (non-hydrogen) atoms. The molecule has 2 aromatic rings. The van der Waals surface area contributed by atoms with Gasteiger partial charge in [-0.2, -0.15) is 5.26 Å². The van der Waals surface area contributed by atoms with Gasteiger partial charge in [0.25, 0.3) is 0 Å². The highest BCUT2D eigenvalue weighted by atomic mass is 79.9. The number of rotatable bonds is 2. The Hall–Kier alpha value is -1.79. The number of benzene rings is 2. The molecule has 1 N–H and O–H groups in total. The number of hydrogen-bond donors (Lipinski definition) is 1. The molecule has 0 spiro atoms. The SMILES string of the molecule is N#C[C@]1(Cc2ccccc2)CNc2ccc(Br)cc2C1. The topological polar surface area (TPSA) is 35.8 Å². The second-order valence-electron chi connectivity index (χ2n) is 5.39. The zero-order valence-corrected chi connectivity index (χ0v) is 12.7. The zero-order valence-electron chi connectivity index (χ0n) is 11.1. The lowest BCUT2D eigenvalue weighted by Gasteiger charge is -2.33. The van der Waals surface area contributed by atoms with Crippen LogP contribution in [0.3, 0.4) is 0 Å². The van der Waals surface area contributed by atoms with Gasteiger partial charge >= 0.3 is 0 Å². The summed E-state index contributed by atoms with van der Waals surface area (Å²) in [5.41, 5.74) is 3.21. The number of hydrogen-bond acceptors (Lipinski definition) is 2. The van der Waals surface area contributed by atoms with Crippen LogP contribution in [0, 0.1) is 16.7 Å². The van der Waals surface area contributed by atoms with Gasteiger partial charge in [-0.15, -0.1) is 0 Å². The lowest BCUT2D eigenvalue weighted by atomic mass is 9.75. The lowest BCUT2D eigenvalue weighted by molar-refractivity contribution is 0.404. The van der Waals surface area contributed by atoms with Crippen molar-refractivity contribution in [3.05, 3.63) is 64.1 Å². The molecule has 0 saturated carbocycles. The van der Waals surface area contributed by atoms with Crippen molar-refractivity contribution >= 4 is 21.6 Å². The highest BCUT2D eigenvalue weighted by Crippen LogP contribution is 2.36. The molecule has 2 aromatic carbocycles. The zero-order chi connectivity index (χ0) is 14.0. The van der Waals surface area contributed by atoms with E-state index in [0.717, 1.165) is 23.0 Å². The normalized spacial score (nSPS) is 20.6. The van der Waals surface area contributed by atoms with Gasteiger partial charge in [0, 0.05) is 16.7 Å². The lowest BCUT2D eigenvalue weighted by Crippen LogP contribution is -2.37. The first-order valence-corrected chi connectivity index (χ1v) is 7.48. The summed E-state index contributed by atoms with van der Waals surface area (Å²) in [6, 6.07) is 19.0. The molecule has 0 amide bonds. The molecule has 0 aliphatic carbocycles. The second kappa shape index (κ2) is 5.30. The Morgan fingerprint density at radius 1 is 1.20 bits per heavy atom. The van der Waals surface area contributed by atoms with E-state index in [1.807, 2.05) is 24.3 Å². The Bertz CT molecular complexity index is 660. The maximum Gasteiger partial charge on any atom is 0.0826 e. The first-order chi connectivity index (χ1) is 9.71. The predicted molar refractivity (Wildman–Crippen MR) is 84.5 cm³/mol. The van der Waals surface area contributed by atoms with Gasteiger partial charge in [-0.25, -0.2) is 0 Å². The molecular weight excluding hydrogens is 312 g/mol. The van der Waals surface area contributed by atoms with Crippen LogP contribution in [0.4, 0.5) is 5.69 Å². The fraction of sp³-hybridized carbons (Fsp3) is 0.235. The van der Waals surface area contributed by atoms with Crippen LogP contribution in [0.15, 0.2) is 53.0 Å². The van der Waals surface area contributed by atoms with E-state index in [1.165, 1.54) is 11.1 Å². The third-order valence-electron chi connectivity index (χ3n) is 3.84. The summed E-state index contributed by atoms with van der Waals surface area (Å²) in [6.07, 6.45) is 1.57. The molecule has 1 atom stereocenters. The summed E-state index contributed by atoms with van der Waals surface area (Å²) in [4.78, 5) is 0. The quantitative estimate of drug-likeness (QED) is 0.899. The first-order valence-electron chi connectivity index (χ1n) is 6.68. The van der Waals surface area contributed by atoms with Crippen molar-refractivity contribution in [2.45, 2.75) is 12.8 Å². The molecule has 0 aromatic heterocycles. The van der Waals surface area contributed by atoms with Gasteiger partial charge in [-0.05, 0) is 42.2 Å². The van der Waals surface area contributed by atoms with E-state index in [4.69, 9.17) is 0 Å². The van der Waals surface area contributed by atoms with E-state index in [1.54, 1.807) is 0 Å². The summed E-state index contributed by atoms with van der Waals surface area (Å²) < 4.78 is 1.06. The van der Waals surface area contributed by atoms with Gasteiger partial charge in [0.2, 0.25) is 0 Å². The highest BCUT2D eigenvalue weighted by Gasteiger charge is 2.34. The molecule has 0 radical (unpaired) electrons. The van der Waals surface area contributed by atoms with Crippen LogP contribution < -0.4 is 5.32 Å². The van der Waals surface area contributed by atoms with Gasteiger partial charge in [-0.3, -0.25) is 0 Å². The Morgan fingerprint density at radius 2 is 2.00 bits per heavy atom. The fourth-order valence-electron chi connectivity index (χ4n) is 2.80. The molecular formula is C17H15BrN2. The van der Waals surface area contributed by atoms with Gasteiger partial charge in [-0.1, -0.05) is 46.3 Å². The summed E-state index contributed by atoms with van der Waals surface area (Å²) in [5.74, 6) is 0. The van der Waals surface area contributed by atoms with Crippen molar-refractivity contribution < 1.29 is 0 Å².